The molecular weight excluding hydrogens is 352 g/mol. The summed E-state index contributed by atoms with van der Waals surface area (Å²) in [6.45, 7) is 4.87. The fourth-order valence-corrected chi connectivity index (χ4v) is 3.66. The smallest absolute Gasteiger partial charge is 0.275 e. The zero-order valence-corrected chi connectivity index (χ0v) is 16.9. The van der Waals surface area contributed by atoms with Crippen molar-refractivity contribution in [1.29, 1.82) is 0 Å². The summed E-state index contributed by atoms with van der Waals surface area (Å²) in [7, 11) is 1.63. The number of rotatable bonds is 8. The summed E-state index contributed by atoms with van der Waals surface area (Å²) in [6.07, 6.45) is 3.71. The number of carbonyl (C=O) groups excluding carboxylic acids is 1. The minimum atomic E-state index is 0.104. The third-order valence-electron chi connectivity index (χ3n) is 5.42. The number of likely N-dealkylation sites (tertiary alicyclic amines) is 1. The second-order valence-electron chi connectivity index (χ2n) is 7.52. The molecule has 1 fully saturated rings. The van der Waals surface area contributed by atoms with Crippen LogP contribution in [0.2, 0.25) is 0 Å². The minimum absolute atomic E-state index is 0.104. The van der Waals surface area contributed by atoms with E-state index in [0.717, 1.165) is 17.7 Å². The summed E-state index contributed by atoms with van der Waals surface area (Å²) < 4.78 is 11.4. The molecule has 0 radical (unpaired) electrons. The van der Waals surface area contributed by atoms with E-state index in [-0.39, 0.29) is 5.91 Å². The molecule has 1 aliphatic heterocycles. The summed E-state index contributed by atoms with van der Waals surface area (Å²) in [5.41, 5.74) is 2.11. The molecule has 1 saturated heterocycles. The van der Waals surface area contributed by atoms with E-state index >= 15 is 0 Å². The van der Waals surface area contributed by atoms with Gasteiger partial charge in [-0.2, -0.15) is 0 Å². The van der Waals surface area contributed by atoms with Gasteiger partial charge >= 0.3 is 0 Å². The van der Waals surface area contributed by atoms with E-state index in [1.165, 1.54) is 24.2 Å². The number of hydrogen-bond acceptors (Lipinski definition) is 3. The highest BCUT2D eigenvalue weighted by molar-refractivity contribution is 5.76. The van der Waals surface area contributed by atoms with E-state index in [2.05, 4.69) is 12.2 Å². The van der Waals surface area contributed by atoms with Crippen molar-refractivity contribution in [2.75, 3.05) is 20.2 Å². The Hall–Kier alpha value is -2.53. The van der Waals surface area contributed by atoms with Gasteiger partial charge in [0.25, 0.3) is 5.91 Å². The molecule has 3 rings (SSSR count). The molecule has 1 unspecified atom stereocenters. The molecule has 2 N–H and O–H groups in total. The van der Waals surface area contributed by atoms with E-state index in [9.17, 15) is 4.79 Å². The zero-order chi connectivity index (χ0) is 19.8. The number of quaternary nitrogens is 1. The zero-order valence-electron chi connectivity index (χ0n) is 16.9. The molecule has 28 heavy (non-hydrogen) atoms. The van der Waals surface area contributed by atoms with Crippen molar-refractivity contribution in [3.05, 3.63) is 59.7 Å². The fourth-order valence-electron chi connectivity index (χ4n) is 3.66. The maximum Gasteiger partial charge on any atom is 0.275 e. The lowest BCUT2D eigenvalue weighted by Gasteiger charge is -2.29. The van der Waals surface area contributed by atoms with Crippen LogP contribution in [0.1, 0.15) is 37.3 Å². The SMILES string of the molecule is COc1cc(CNC(=O)C[NH+]2CCCC[C@@H]2C)ccc1OCc1ccccc1. The van der Waals surface area contributed by atoms with Gasteiger partial charge < -0.3 is 19.7 Å². The third-order valence-corrected chi connectivity index (χ3v) is 5.42. The Morgan fingerprint density at radius 1 is 1.11 bits per heavy atom. The van der Waals surface area contributed by atoms with Gasteiger partial charge in [-0.3, -0.25) is 4.79 Å². The summed E-state index contributed by atoms with van der Waals surface area (Å²) >= 11 is 0. The van der Waals surface area contributed by atoms with E-state index in [1.54, 1.807) is 7.11 Å². The molecule has 1 amide bonds. The van der Waals surface area contributed by atoms with Gasteiger partial charge in [-0.05, 0) is 49.4 Å². The molecule has 0 aromatic heterocycles. The normalized spacial score (nSPS) is 19.1. The fraction of sp³-hybridized carbons (Fsp3) is 0.435. The molecule has 5 heteroatoms. The first kappa shape index (κ1) is 20.2. The number of nitrogens with one attached hydrogen (secondary N) is 2. The molecule has 0 saturated carbocycles. The molecule has 0 bridgehead atoms. The number of benzene rings is 2. The van der Waals surface area contributed by atoms with Crippen LogP contribution in [0.25, 0.3) is 0 Å². The average Bonchev–Trinajstić information content (AvgIpc) is 2.73. The molecule has 0 aliphatic carbocycles. The summed E-state index contributed by atoms with van der Waals surface area (Å²) in [5.74, 6) is 1.48. The van der Waals surface area contributed by atoms with E-state index in [4.69, 9.17) is 9.47 Å². The number of carbonyl (C=O) groups is 1. The van der Waals surface area contributed by atoms with Crippen molar-refractivity contribution >= 4 is 5.91 Å². The van der Waals surface area contributed by atoms with Gasteiger partial charge in [0.1, 0.15) is 6.61 Å². The van der Waals surface area contributed by atoms with Gasteiger partial charge in [-0.1, -0.05) is 36.4 Å². The highest BCUT2D eigenvalue weighted by Gasteiger charge is 2.24. The highest BCUT2D eigenvalue weighted by atomic mass is 16.5. The molecule has 150 valence electrons. The van der Waals surface area contributed by atoms with Gasteiger partial charge in [-0.15, -0.1) is 0 Å². The lowest BCUT2D eigenvalue weighted by molar-refractivity contribution is -0.921. The monoisotopic (exact) mass is 383 g/mol. The van der Waals surface area contributed by atoms with Gasteiger partial charge in [-0.25, -0.2) is 0 Å². The molecule has 2 aromatic rings. The Balaban J connectivity index is 1.52. The Morgan fingerprint density at radius 2 is 1.93 bits per heavy atom. The predicted octanol–water partition coefficient (Wildman–Crippen LogP) is 2.35. The third kappa shape index (κ3) is 5.73. The van der Waals surface area contributed by atoms with Crippen molar-refractivity contribution in [3.8, 4) is 11.5 Å². The molecule has 2 aromatic carbocycles. The largest absolute Gasteiger partial charge is 0.493 e. The van der Waals surface area contributed by atoms with E-state index in [1.807, 2.05) is 48.5 Å². The predicted molar refractivity (Wildman–Crippen MR) is 110 cm³/mol. The van der Waals surface area contributed by atoms with Crippen LogP contribution in [0.3, 0.4) is 0 Å². The van der Waals surface area contributed by atoms with Crippen molar-refractivity contribution < 1.29 is 19.2 Å². The van der Waals surface area contributed by atoms with Crippen molar-refractivity contribution in [3.63, 3.8) is 0 Å². The number of amides is 1. The Morgan fingerprint density at radius 3 is 2.68 bits per heavy atom. The second kappa shape index (κ2) is 10.1. The lowest BCUT2D eigenvalue weighted by Crippen LogP contribution is -3.17. The Labute approximate surface area is 167 Å². The van der Waals surface area contributed by atoms with Gasteiger partial charge in [0.2, 0.25) is 0 Å². The van der Waals surface area contributed by atoms with Crippen LogP contribution in [0.5, 0.6) is 11.5 Å². The van der Waals surface area contributed by atoms with E-state index in [0.29, 0.717) is 37.2 Å². The maximum atomic E-state index is 12.3. The highest BCUT2D eigenvalue weighted by Crippen LogP contribution is 2.28. The molecule has 5 nitrogen and oxygen atoms in total. The van der Waals surface area contributed by atoms with Crippen LogP contribution in [-0.4, -0.2) is 32.1 Å². The maximum absolute atomic E-state index is 12.3. The van der Waals surface area contributed by atoms with Crippen LogP contribution in [0.4, 0.5) is 0 Å². The van der Waals surface area contributed by atoms with Crippen molar-refractivity contribution in [2.45, 2.75) is 45.4 Å². The summed E-state index contributed by atoms with van der Waals surface area (Å²) in [4.78, 5) is 13.7. The van der Waals surface area contributed by atoms with Crippen molar-refractivity contribution in [2.24, 2.45) is 0 Å². The number of ether oxygens (including phenoxy) is 2. The quantitative estimate of drug-likeness (QED) is 0.736. The van der Waals surface area contributed by atoms with Crippen LogP contribution in [-0.2, 0) is 17.9 Å². The first-order valence-electron chi connectivity index (χ1n) is 10.1. The first-order valence-corrected chi connectivity index (χ1v) is 10.1. The molecule has 2 atom stereocenters. The lowest BCUT2D eigenvalue weighted by atomic mass is 10.0. The number of piperidine rings is 1. The standard InChI is InChI=1S/C23H30N2O3/c1-18-8-6-7-13-25(18)16-23(26)24-15-20-11-12-21(22(14-20)27-2)28-17-19-9-4-3-5-10-19/h3-5,9-12,14,18H,6-8,13,15-17H2,1-2H3,(H,24,26)/p+1/t18-/m0/s1. The van der Waals surface area contributed by atoms with E-state index < -0.39 is 0 Å². The van der Waals surface area contributed by atoms with Crippen LogP contribution < -0.4 is 19.7 Å². The van der Waals surface area contributed by atoms with Gasteiger partial charge in [0.05, 0.1) is 19.7 Å². The second-order valence-corrected chi connectivity index (χ2v) is 7.52. The number of hydrogen-bond donors (Lipinski definition) is 2. The number of methoxy groups -OCH3 is 1. The van der Waals surface area contributed by atoms with Crippen LogP contribution in [0.15, 0.2) is 48.5 Å². The van der Waals surface area contributed by atoms with Crippen molar-refractivity contribution in [1.82, 2.24) is 5.32 Å². The topological polar surface area (TPSA) is 52.0 Å². The first-order chi connectivity index (χ1) is 13.7. The summed E-state index contributed by atoms with van der Waals surface area (Å²) in [6, 6.07) is 16.4. The Bertz CT molecular complexity index is 764. The van der Waals surface area contributed by atoms with Gasteiger partial charge in [0, 0.05) is 6.54 Å². The van der Waals surface area contributed by atoms with Crippen LogP contribution >= 0.6 is 0 Å². The average molecular weight is 384 g/mol. The minimum Gasteiger partial charge on any atom is -0.493 e. The van der Waals surface area contributed by atoms with Gasteiger partial charge in [0.15, 0.2) is 18.0 Å². The Kier molecular flexibility index (Phi) is 7.31. The van der Waals surface area contributed by atoms with Crippen LogP contribution in [0, 0.1) is 0 Å². The summed E-state index contributed by atoms with van der Waals surface area (Å²) in [5, 5.41) is 3.04. The molecule has 0 spiro atoms. The molecule has 1 heterocycles. The molecule has 1 aliphatic rings. The molecular formula is C23H31N2O3+.